The molecule has 0 atom stereocenters. The largest absolute Gasteiger partial charge is 0.258 e. The number of halogens is 2. The van der Waals surface area contributed by atoms with Crippen molar-refractivity contribution in [3.8, 4) is 11.4 Å². The number of benzene rings is 1. The maximum atomic E-state index is 12.8. The first-order valence-electron chi connectivity index (χ1n) is 5.66. The Balaban J connectivity index is 1.95. The minimum absolute atomic E-state index is 0.248. The van der Waals surface area contributed by atoms with E-state index in [0.717, 1.165) is 34.6 Å². The van der Waals surface area contributed by atoms with Crippen LogP contribution in [-0.2, 0) is 0 Å². The van der Waals surface area contributed by atoms with E-state index < -0.39 is 0 Å². The second-order valence-electron chi connectivity index (χ2n) is 3.72. The summed E-state index contributed by atoms with van der Waals surface area (Å²) in [5.41, 5.74) is 0.844. The molecule has 18 heavy (non-hydrogen) atoms. The molecule has 0 aliphatic heterocycles. The molecule has 0 aliphatic carbocycles. The van der Waals surface area contributed by atoms with Crippen molar-refractivity contribution >= 4 is 27.7 Å². The molecule has 6 heteroatoms. The summed E-state index contributed by atoms with van der Waals surface area (Å²) in [7, 11) is 0. The summed E-state index contributed by atoms with van der Waals surface area (Å²) >= 11 is 5.03. The van der Waals surface area contributed by atoms with E-state index >= 15 is 0 Å². The lowest BCUT2D eigenvalue weighted by Crippen LogP contribution is -1.83. The Morgan fingerprint density at radius 1 is 1.22 bits per heavy atom. The standard InChI is InChI=1S/C12H13BrFN3S/c13-7-1-2-8-18-12-15-11(16-17-12)9-3-5-10(14)6-4-9/h3-6H,1-2,7-8H2,(H,15,16,17). The zero-order chi connectivity index (χ0) is 12.8. The summed E-state index contributed by atoms with van der Waals surface area (Å²) in [6.07, 6.45) is 2.29. The van der Waals surface area contributed by atoms with Crippen molar-refractivity contribution < 1.29 is 4.39 Å². The number of aromatic amines is 1. The van der Waals surface area contributed by atoms with Crippen LogP contribution in [0.5, 0.6) is 0 Å². The van der Waals surface area contributed by atoms with Gasteiger partial charge in [-0.25, -0.2) is 9.37 Å². The number of unbranched alkanes of at least 4 members (excludes halogenated alkanes) is 1. The van der Waals surface area contributed by atoms with Gasteiger partial charge in [0, 0.05) is 16.6 Å². The summed E-state index contributed by atoms with van der Waals surface area (Å²) in [5.74, 6) is 1.44. The van der Waals surface area contributed by atoms with E-state index in [1.165, 1.54) is 12.1 Å². The van der Waals surface area contributed by atoms with E-state index in [4.69, 9.17) is 0 Å². The van der Waals surface area contributed by atoms with E-state index in [9.17, 15) is 4.39 Å². The molecule has 0 bridgehead atoms. The number of aromatic nitrogens is 3. The van der Waals surface area contributed by atoms with Crippen molar-refractivity contribution in [1.82, 2.24) is 15.2 Å². The summed E-state index contributed by atoms with van der Waals surface area (Å²) in [6.45, 7) is 0. The topological polar surface area (TPSA) is 41.6 Å². The molecule has 0 unspecified atom stereocenters. The molecule has 2 rings (SSSR count). The number of hydrogen-bond acceptors (Lipinski definition) is 3. The van der Waals surface area contributed by atoms with Gasteiger partial charge >= 0.3 is 0 Å². The Bertz CT molecular complexity index is 486. The fourth-order valence-corrected chi connectivity index (χ4v) is 2.60. The average Bonchev–Trinajstić information content (AvgIpc) is 2.84. The van der Waals surface area contributed by atoms with Crippen LogP contribution in [0.2, 0.25) is 0 Å². The molecular weight excluding hydrogens is 317 g/mol. The maximum absolute atomic E-state index is 12.8. The molecule has 1 aromatic heterocycles. The SMILES string of the molecule is Fc1ccc(-c2nc(SCCCCBr)n[nH]2)cc1. The van der Waals surface area contributed by atoms with Gasteiger partial charge in [-0.05, 0) is 37.1 Å². The second kappa shape index (κ2) is 6.89. The number of alkyl halides is 1. The second-order valence-corrected chi connectivity index (χ2v) is 5.57. The van der Waals surface area contributed by atoms with Crippen LogP contribution in [-0.4, -0.2) is 26.3 Å². The lowest BCUT2D eigenvalue weighted by atomic mass is 10.2. The summed E-state index contributed by atoms with van der Waals surface area (Å²) in [6, 6.07) is 6.21. The first-order valence-corrected chi connectivity index (χ1v) is 7.77. The number of nitrogens with one attached hydrogen (secondary N) is 1. The van der Waals surface area contributed by atoms with Crippen LogP contribution in [0, 0.1) is 5.82 Å². The normalized spacial score (nSPS) is 10.8. The molecule has 0 spiro atoms. The van der Waals surface area contributed by atoms with Gasteiger partial charge in [0.15, 0.2) is 5.82 Å². The van der Waals surface area contributed by atoms with Gasteiger partial charge in [-0.15, -0.1) is 5.10 Å². The Kier molecular flexibility index (Phi) is 5.19. The Morgan fingerprint density at radius 2 is 2.00 bits per heavy atom. The van der Waals surface area contributed by atoms with Gasteiger partial charge in [0.1, 0.15) is 5.82 Å². The summed E-state index contributed by atoms with van der Waals surface area (Å²) in [4.78, 5) is 4.37. The quantitative estimate of drug-likeness (QED) is 0.496. The van der Waals surface area contributed by atoms with Gasteiger partial charge in [0.2, 0.25) is 5.16 Å². The van der Waals surface area contributed by atoms with Crippen molar-refractivity contribution in [2.24, 2.45) is 0 Å². The highest BCUT2D eigenvalue weighted by Crippen LogP contribution is 2.20. The summed E-state index contributed by atoms with van der Waals surface area (Å²) < 4.78 is 12.8. The Hall–Kier alpha value is -0.880. The van der Waals surface area contributed by atoms with Crippen LogP contribution in [0.25, 0.3) is 11.4 Å². The first kappa shape index (κ1) is 13.5. The molecule has 0 saturated carbocycles. The van der Waals surface area contributed by atoms with Gasteiger partial charge in [0.25, 0.3) is 0 Å². The number of H-pyrrole nitrogens is 1. The molecule has 0 aliphatic rings. The average molecular weight is 330 g/mol. The number of thioether (sulfide) groups is 1. The monoisotopic (exact) mass is 329 g/mol. The van der Waals surface area contributed by atoms with Gasteiger partial charge in [-0.3, -0.25) is 5.10 Å². The van der Waals surface area contributed by atoms with E-state index in [0.29, 0.717) is 5.82 Å². The lowest BCUT2D eigenvalue weighted by molar-refractivity contribution is 0.628. The third-order valence-corrected chi connectivity index (χ3v) is 3.84. The smallest absolute Gasteiger partial charge is 0.208 e. The van der Waals surface area contributed by atoms with Crippen molar-refractivity contribution in [1.29, 1.82) is 0 Å². The zero-order valence-electron chi connectivity index (χ0n) is 9.70. The van der Waals surface area contributed by atoms with E-state index in [1.54, 1.807) is 23.9 Å². The fraction of sp³-hybridized carbons (Fsp3) is 0.333. The molecule has 1 N–H and O–H groups in total. The number of rotatable bonds is 6. The molecule has 0 radical (unpaired) electrons. The van der Waals surface area contributed by atoms with Crippen molar-refractivity contribution in [2.75, 3.05) is 11.1 Å². The summed E-state index contributed by atoms with van der Waals surface area (Å²) in [5, 5.41) is 8.77. The highest BCUT2D eigenvalue weighted by Gasteiger charge is 2.05. The maximum Gasteiger partial charge on any atom is 0.208 e. The van der Waals surface area contributed by atoms with Gasteiger partial charge in [0.05, 0.1) is 0 Å². The van der Waals surface area contributed by atoms with Gasteiger partial charge in [-0.1, -0.05) is 27.7 Å². The third-order valence-electron chi connectivity index (χ3n) is 2.34. The lowest BCUT2D eigenvalue weighted by Gasteiger charge is -1.95. The minimum Gasteiger partial charge on any atom is -0.258 e. The van der Waals surface area contributed by atoms with Crippen molar-refractivity contribution in [3.63, 3.8) is 0 Å². The molecule has 0 saturated heterocycles. The molecule has 1 aromatic carbocycles. The number of hydrogen-bond donors (Lipinski definition) is 1. The van der Waals surface area contributed by atoms with Crippen molar-refractivity contribution in [3.05, 3.63) is 30.1 Å². The van der Waals surface area contributed by atoms with E-state index in [2.05, 4.69) is 31.1 Å². The van der Waals surface area contributed by atoms with Crippen molar-refractivity contribution in [2.45, 2.75) is 18.0 Å². The Morgan fingerprint density at radius 3 is 2.72 bits per heavy atom. The van der Waals surface area contributed by atoms with Gasteiger partial charge in [-0.2, -0.15) is 0 Å². The van der Waals surface area contributed by atoms with E-state index in [1.807, 2.05) is 0 Å². The van der Waals surface area contributed by atoms with Crippen LogP contribution < -0.4 is 0 Å². The predicted octanol–water partition coefficient (Wildman–Crippen LogP) is 3.88. The van der Waals surface area contributed by atoms with Gasteiger partial charge < -0.3 is 0 Å². The predicted molar refractivity (Wildman–Crippen MR) is 75.5 cm³/mol. The molecule has 0 amide bonds. The highest BCUT2D eigenvalue weighted by atomic mass is 79.9. The molecule has 96 valence electrons. The Labute approximate surface area is 118 Å². The molecule has 0 fully saturated rings. The third kappa shape index (κ3) is 3.81. The van der Waals surface area contributed by atoms with E-state index in [-0.39, 0.29) is 5.82 Å². The van der Waals surface area contributed by atoms with Crippen LogP contribution in [0.4, 0.5) is 4.39 Å². The van der Waals surface area contributed by atoms with Crippen LogP contribution in [0.1, 0.15) is 12.8 Å². The van der Waals surface area contributed by atoms with Crippen LogP contribution in [0.15, 0.2) is 29.4 Å². The molecule has 3 nitrogen and oxygen atoms in total. The van der Waals surface area contributed by atoms with Crippen LogP contribution >= 0.6 is 27.7 Å². The first-order chi connectivity index (χ1) is 8.79. The van der Waals surface area contributed by atoms with Crippen LogP contribution in [0.3, 0.4) is 0 Å². The zero-order valence-corrected chi connectivity index (χ0v) is 12.1. The number of nitrogens with zero attached hydrogens (tertiary/aromatic N) is 2. The minimum atomic E-state index is -0.248. The highest BCUT2D eigenvalue weighted by molar-refractivity contribution is 9.09. The molecule has 2 aromatic rings. The fourth-order valence-electron chi connectivity index (χ4n) is 1.41. The molecule has 1 heterocycles. The molecular formula is C12H13BrFN3S.